The third kappa shape index (κ3) is 3.12. The molecule has 0 bridgehead atoms. The van der Waals surface area contributed by atoms with Crippen LogP contribution < -0.4 is 5.32 Å². The lowest BCUT2D eigenvalue weighted by Gasteiger charge is -2.33. The zero-order valence-electron chi connectivity index (χ0n) is 11.8. The minimum Gasteiger partial charge on any atom is -0.359 e. The number of rotatable bonds is 4. The van der Waals surface area contributed by atoms with Gasteiger partial charge in [0.2, 0.25) is 11.8 Å². The number of amides is 1. The molecule has 1 aliphatic heterocycles. The first kappa shape index (κ1) is 14.0. The van der Waals surface area contributed by atoms with Crippen molar-refractivity contribution in [2.75, 3.05) is 20.1 Å². The molecule has 0 saturated carbocycles. The fraction of sp³-hybridized carbons (Fsp3) is 0.769. The molecule has 0 spiro atoms. The van der Waals surface area contributed by atoms with Crippen molar-refractivity contribution in [3.8, 4) is 0 Å². The molecule has 1 unspecified atom stereocenters. The maximum absolute atomic E-state index is 11.6. The molecule has 0 radical (unpaired) electrons. The highest BCUT2D eigenvalue weighted by Crippen LogP contribution is 2.25. The van der Waals surface area contributed by atoms with Crippen LogP contribution in [0, 0.1) is 5.92 Å². The van der Waals surface area contributed by atoms with Crippen LogP contribution in [0.25, 0.3) is 0 Å². The summed E-state index contributed by atoms with van der Waals surface area (Å²) in [6, 6.07) is 0.124. The maximum atomic E-state index is 11.6. The first-order chi connectivity index (χ1) is 9.15. The van der Waals surface area contributed by atoms with Crippen LogP contribution in [-0.4, -0.2) is 41.1 Å². The zero-order valence-corrected chi connectivity index (χ0v) is 11.8. The summed E-state index contributed by atoms with van der Waals surface area (Å²) in [6.07, 6.45) is 2.56. The van der Waals surface area contributed by atoms with Crippen LogP contribution in [0.1, 0.15) is 44.4 Å². The largest absolute Gasteiger partial charge is 0.359 e. The lowest BCUT2D eigenvalue weighted by atomic mass is 9.95. The molecule has 6 heteroatoms. The smallest absolute Gasteiger partial charge is 0.243 e. The topological polar surface area (TPSA) is 71.3 Å². The molecule has 1 fully saturated rings. The van der Waals surface area contributed by atoms with Crippen LogP contribution in [0.5, 0.6) is 0 Å². The van der Waals surface area contributed by atoms with E-state index in [-0.39, 0.29) is 17.9 Å². The van der Waals surface area contributed by atoms with E-state index in [9.17, 15) is 4.79 Å². The molecular formula is C13H22N4O2. The second-order valence-corrected chi connectivity index (χ2v) is 5.00. The van der Waals surface area contributed by atoms with E-state index in [4.69, 9.17) is 4.52 Å². The van der Waals surface area contributed by atoms with Gasteiger partial charge in [-0.1, -0.05) is 12.1 Å². The summed E-state index contributed by atoms with van der Waals surface area (Å²) in [5, 5.41) is 6.65. The van der Waals surface area contributed by atoms with Gasteiger partial charge < -0.3 is 9.84 Å². The minimum atomic E-state index is 0.124. The summed E-state index contributed by atoms with van der Waals surface area (Å²) in [6.45, 7) is 5.87. The summed E-state index contributed by atoms with van der Waals surface area (Å²) in [5.41, 5.74) is 0. The normalized spacial score (nSPS) is 19.3. The number of likely N-dealkylation sites (tertiary alicyclic amines) is 1. The Morgan fingerprint density at radius 2 is 2.21 bits per heavy atom. The Balaban J connectivity index is 1.92. The van der Waals surface area contributed by atoms with Gasteiger partial charge in [0.05, 0.1) is 6.04 Å². The second kappa shape index (κ2) is 6.14. The molecule has 1 saturated heterocycles. The SMILES string of the molecule is CCc1noc(C(C)N2CCC(C(=O)NC)CC2)n1. The van der Waals surface area contributed by atoms with E-state index in [1.165, 1.54) is 0 Å². The Kier molecular flexibility index (Phi) is 4.52. The highest BCUT2D eigenvalue weighted by molar-refractivity contribution is 5.78. The van der Waals surface area contributed by atoms with Gasteiger partial charge in [-0.05, 0) is 32.9 Å². The number of aryl methyl sites for hydroxylation is 1. The highest BCUT2D eigenvalue weighted by Gasteiger charge is 2.29. The van der Waals surface area contributed by atoms with E-state index >= 15 is 0 Å². The molecule has 1 atom stereocenters. The number of piperidine rings is 1. The van der Waals surface area contributed by atoms with Gasteiger partial charge in [0.15, 0.2) is 5.82 Å². The van der Waals surface area contributed by atoms with Crippen molar-refractivity contribution in [2.45, 2.75) is 39.2 Å². The van der Waals surface area contributed by atoms with E-state index in [0.717, 1.165) is 38.2 Å². The average Bonchev–Trinajstić information content (AvgIpc) is 2.94. The van der Waals surface area contributed by atoms with Crippen molar-refractivity contribution in [2.24, 2.45) is 5.92 Å². The third-order valence-corrected chi connectivity index (χ3v) is 3.85. The van der Waals surface area contributed by atoms with Crippen LogP contribution in [0.3, 0.4) is 0 Å². The zero-order chi connectivity index (χ0) is 13.8. The summed E-state index contributed by atoms with van der Waals surface area (Å²) in [7, 11) is 1.70. The molecule has 6 nitrogen and oxygen atoms in total. The number of carbonyl (C=O) groups excluding carboxylic acids is 1. The first-order valence-electron chi connectivity index (χ1n) is 6.93. The standard InChI is InChI=1S/C13H22N4O2/c1-4-11-15-13(19-16-11)9(2)17-7-5-10(6-8-17)12(18)14-3/h9-10H,4-8H2,1-3H3,(H,14,18). The molecule has 0 aromatic carbocycles. The summed E-state index contributed by atoms with van der Waals surface area (Å²) in [4.78, 5) is 18.3. The molecule has 19 heavy (non-hydrogen) atoms. The van der Waals surface area contributed by atoms with Gasteiger partial charge in [-0.3, -0.25) is 9.69 Å². The van der Waals surface area contributed by atoms with Gasteiger partial charge in [0.25, 0.3) is 0 Å². The minimum absolute atomic E-state index is 0.124. The monoisotopic (exact) mass is 266 g/mol. The Morgan fingerprint density at radius 3 is 2.74 bits per heavy atom. The van der Waals surface area contributed by atoms with E-state index in [2.05, 4.69) is 27.3 Å². The lowest BCUT2D eigenvalue weighted by Crippen LogP contribution is -2.40. The Morgan fingerprint density at radius 1 is 1.53 bits per heavy atom. The Labute approximate surface area is 113 Å². The van der Waals surface area contributed by atoms with Crippen LogP contribution >= 0.6 is 0 Å². The lowest BCUT2D eigenvalue weighted by molar-refractivity contribution is -0.126. The Hall–Kier alpha value is -1.43. The van der Waals surface area contributed by atoms with Crippen molar-refractivity contribution in [1.29, 1.82) is 0 Å². The van der Waals surface area contributed by atoms with E-state index in [1.54, 1.807) is 7.05 Å². The van der Waals surface area contributed by atoms with E-state index in [1.807, 2.05) is 6.92 Å². The van der Waals surface area contributed by atoms with Gasteiger partial charge in [-0.15, -0.1) is 0 Å². The van der Waals surface area contributed by atoms with Crippen molar-refractivity contribution in [1.82, 2.24) is 20.4 Å². The number of aromatic nitrogens is 2. The molecule has 1 aromatic rings. The predicted octanol–water partition coefficient (Wildman–Crippen LogP) is 1.15. The molecule has 1 aliphatic rings. The van der Waals surface area contributed by atoms with Crippen molar-refractivity contribution >= 4 is 5.91 Å². The van der Waals surface area contributed by atoms with E-state index in [0.29, 0.717) is 5.89 Å². The van der Waals surface area contributed by atoms with Crippen molar-refractivity contribution < 1.29 is 9.32 Å². The fourth-order valence-electron chi connectivity index (χ4n) is 2.49. The van der Waals surface area contributed by atoms with Gasteiger partial charge in [-0.25, -0.2) is 0 Å². The molecule has 2 rings (SSSR count). The number of carbonyl (C=O) groups is 1. The molecule has 1 amide bonds. The van der Waals surface area contributed by atoms with Crippen molar-refractivity contribution in [3.63, 3.8) is 0 Å². The van der Waals surface area contributed by atoms with Crippen LogP contribution in [0.15, 0.2) is 4.52 Å². The molecule has 106 valence electrons. The third-order valence-electron chi connectivity index (χ3n) is 3.85. The number of hydrogen-bond acceptors (Lipinski definition) is 5. The van der Waals surface area contributed by atoms with E-state index < -0.39 is 0 Å². The summed E-state index contributed by atoms with van der Waals surface area (Å²) < 4.78 is 5.28. The maximum Gasteiger partial charge on any atom is 0.243 e. The van der Waals surface area contributed by atoms with Crippen molar-refractivity contribution in [3.05, 3.63) is 11.7 Å². The Bertz CT molecular complexity index is 424. The molecule has 1 N–H and O–H groups in total. The molecule has 0 aliphatic carbocycles. The van der Waals surface area contributed by atoms with Gasteiger partial charge in [-0.2, -0.15) is 4.98 Å². The summed E-state index contributed by atoms with van der Waals surface area (Å²) in [5.74, 6) is 1.72. The predicted molar refractivity (Wildman–Crippen MR) is 70.5 cm³/mol. The van der Waals surface area contributed by atoms with Gasteiger partial charge in [0.1, 0.15) is 0 Å². The number of nitrogens with zero attached hydrogens (tertiary/aromatic N) is 3. The first-order valence-corrected chi connectivity index (χ1v) is 6.93. The molecule has 2 heterocycles. The molecule has 1 aromatic heterocycles. The second-order valence-electron chi connectivity index (χ2n) is 5.00. The van der Waals surface area contributed by atoms with Gasteiger partial charge >= 0.3 is 0 Å². The number of hydrogen-bond donors (Lipinski definition) is 1. The van der Waals surface area contributed by atoms with Crippen LogP contribution in [0.4, 0.5) is 0 Å². The van der Waals surface area contributed by atoms with Crippen LogP contribution in [-0.2, 0) is 11.2 Å². The summed E-state index contributed by atoms with van der Waals surface area (Å²) >= 11 is 0. The fourth-order valence-corrected chi connectivity index (χ4v) is 2.49. The molecular weight excluding hydrogens is 244 g/mol. The quantitative estimate of drug-likeness (QED) is 0.885. The van der Waals surface area contributed by atoms with Crippen LogP contribution in [0.2, 0.25) is 0 Å². The highest BCUT2D eigenvalue weighted by atomic mass is 16.5. The van der Waals surface area contributed by atoms with Gasteiger partial charge in [0, 0.05) is 19.4 Å². The average molecular weight is 266 g/mol. The number of nitrogens with one attached hydrogen (secondary N) is 1.